The van der Waals surface area contributed by atoms with Crippen molar-refractivity contribution in [2.24, 2.45) is 0 Å². The summed E-state index contributed by atoms with van der Waals surface area (Å²) in [5, 5.41) is 0. The third kappa shape index (κ3) is 56.3. The fraction of sp³-hybridized carbons (Fsp3) is 0.615. The summed E-state index contributed by atoms with van der Waals surface area (Å²) in [7, 11) is 0. The molecule has 0 spiro atoms. The molecule has 71 heavy (non-hydrogen) atoms. The zero-order chi connectivity index (χ0) is 51.4. The monoisotopic (exact) mass is 981 g/mol. The molecule has 0 aliphatic carbocycles. The lowest BCUT2D eigenvalue weighted by Crippen LogP contribution is -2.30. The number of rotatable bonds is 50. The van der Waals surface area contributed by atoms with E-state index in [4.69, 9.17) is 14.2 Å². The minimum absolute atomic E-state index is 0.126. The van der Waals surface area contributed by atoms with Gasteiger partial charge in [0.25, 0.3) is 0 Å². The molecule has 0 aliphatic heterocycles. The zero-order valence-corrected chi connectivity index (χ0v) is 45.7. The van der Waals surface area contributed by atoms with Gasteiger partial charge in [0.05, 0.1) is 0 Å². The van der Waals surface area contributed by atoms with Crippen LogP contribution in [0, 0.1) is 0 Å². The van der Waals surface area contributed by atoms with Crippen LogP contribution < -0.4 is 0 Å². The van der Waals surface area contributed by atoms with Crippen LogP contribution in [0.3, 0.4) is 0 Å². The Morgan fingerprint density at radius 1 is 0.296 bits per heavy atom. The minimum atomic E-state index is -0.842. The summed E-state index contributed by atoms with van der Waals surface area (Å²) >= 11 is 0. The number of esters is 3. The second-order valence-corrected chi connectivity index (χ2v) is 18.4. The number of allylic oxidation sites excluding steroid dienone is 22. The van der Waals surface area contributed by atoms with Gasteiger partial charge in [-0.25, -0.2) is 0 Å². The van der Waals surface area contributed by atoms with E-state index in [1.807, 2.05) is 12.2 Å². The summed E-state index contributed by atoms with van der Waals surface area (Å²) in [5.41, 5.74) is 0. The van der Waals surface area contributed by atoms with Crippen LogP contribution in [0.1, 0.15) is 239 Å². The van der Waals surface area contributed by atoms with Gasteiger partial charge in [-0.1, -0.05) is 231 Å². The maximum atomic E-state index is 12.8. The van der Waals surface area contributed by atoms with Crippen LogP contribution in [0.2, 0.25) is 0 Å². The molecule has 0 fully saturated rings. The number of carbonyl (C=O) groups is 3. The van der Waals surface area contributed by atoms with Gasteiger partial charge in [-0.3, -0.25) is 14.4 Å². The molecule has 0 amide bonds. The molecule has 0 rings (SSSR count). The summed E-state index contributed by atoms with van der Waals surface area (Å²) in [5.74, 6) is -1.06. The van der Waals surface area contributed by atoms with E-state index in [0.717, 1.165) is 96.3 Å². The Balaban J connectivity index is 4.56. The van der Waals surface area contributed by atoms with E-state index in [-0.39, 0.29) is 38.0 Å². The van der Waals surface area contributed by atoms with Crippen LogP contribution in [0.4, 0.5) is 0 Å². The SMILES string of the molecule is CC/C=C\C/C=C\C/C=C\C/C=C\C/C=C\C/C=C\CCC(=O)O[C@H](COC(=O)CCCC/C=C\C/C=C\C/C=C\C/C=C\CC)COC(=O)CCCCCCCCCCC/C=C\CCCCCCCC. The molecule has 0 unspecified atom stereocenters. The zero-order valence-electron chi connectivity index (χ0n) is 45.7. The first-order valence-corrected chi connectivity index (χ1v) is 28.7. The molecule has 0 aromatic heterocycles. The van der Waals surface area contributed by atoms with E-state index in [1.54, 1.807) is 0 Å². The summed E-state index contributed by atoms with van der Waals surface area (Å²) < 4.78 is 16.7. The van der Waals surface area contributed by atoms with Crippen molar-refractivity contribution in [3.8, 4) is 0 Å². The average molecular weight is 982 g/mol. The van der Waals surface area contributed by atoms with Crippen molar-refractivity contribution in [2.75, 3.05) is 13.2 Å². The predicted octanol–water partition coefficient (Wildman–Crippen LogP) is 19.4. The molecule has 0 N–H and O–H groups in total. The van der Waals surface area contributed by atoms with E-state index >= 15 is 0 Å². The molecule has 1 atom stereocenters. The number of ether oxygens (including phenoxy) is 3. The first-order valence-electron chi connectivity index (χ1n) is 28.7. The number of hydrogen-bond acceptors (Lipinski definition) is 6. The number of carbonyl (C=O) groups excluding carboxylic acids is 3. The van der Waals surface area contributed by atoms with Crippen molar-refractivity contribution >= 4 is 17.9 Å². The lowest BCUT2D eigenvalue weighted by Gasteiger charge is -2.18. The second-order valence-electron chi connectivity index (χ2n) is 18.4. The van der Waals surface area contributed by atoms with Crippen LogP contribution in [-0.4, -0.2) is 37.2 Å². The minimum Gasteiger partial charge on any atom is -0.462 e. The fourth-order valence-corrected chi connectivity index (χ4v) is 7.39. The topological polar surface area (TPSA) is 78.9 Å². The Hall–Kier alpha value is -4.45. The van der Waals surface area contributed by atoms with Gasteiger partial charge >= 0.3 is 17.9 Å². The van der Waals surface area contributed by atoms with E-state index in [0.29, 0.717) is 19.3 Å². The van der Waals surface area contributed by atoms with Crippen LogP contribution >= 0.6 is 0 Å². The summed E-state index contributed by atoms with van der Waals surface area (Å²) in [6.07, 6.45) is 81.7. The third-order valence-electron chi connectivity index (χ3n) is 11.6. The highest BCUT2D eigenvalue weighted by atomic mass is 16.6. The Bertz CT molecular complexity index is 1550. The molecule has 6 nitrogen and oxygen atoms in total. The van der Waals surface area contributed by atoms with E-state index < -0.39 is 12.1 Å². The Morgan fingerprint density at radius 3 is 0.958 bits per heavy atom. The molecule has 0 bridgehead atoms. The summed E-state index contributed by atoms with van der Waals surface area (Å²) in [4.78, 5) is 38.1. The van der Waals surface area contributed by atoms with Crippen LogP contribution in [-0.2, 0) is 28.6 Å². The maximum absolute atomic E-state index is 12.8. The summed E-state index contributed by atoms with van der Waals surface area (Å²) in [6, 6.07) is 0. The van der Waals surface area contributed by atoms with Crippen molar-refractivity contribution in [3.05, 3.63) is 134 Å². The number of hydrogen-bond donors (Lipinski definition) is 0. The van der Waals surface area contributed by atoms with Gasteiger partial charge in [-0.15, -0.1) is 0 Å². The quantitative estimate of drug-likeness (QED) is 0.0262. The van der Waals surface area contributed by atoms with Gasteiger partial charge in [0, 0.05) is 19.3 Å². The third-order valence-corrected chi connectivity index (χ3v) is 11.6. The molecule has 0 saturated heterocycles. The average Bonchev–Trinajstić information content (AvgIpc) is 3.37. The predicted molar refractivity (Wildman–Crippen MR) is 306 cm³/mol. The Labute approximate surface area is 436 Å². The second kappa shape index (κ2) is 58.1. The van der Waals surface area contributed by atoms with Crippen molar-refractivity contribution in [2.45, 2.75) is 245 Å². The standard InChI is InChI=1S/C65H104O6/c1-4-7-10-13-16-19-22-25-28-30-32-34-37-40-43-46-49-52-55-58-64(67)70-61-62(60-69-63(66)57-54-51-48-45-42-39-36-27-24-21-18-15-12-9-6-3)71-65(68)59-56-53-50-47-44-41-38-35-33-31-29-26-23-20-17-14-11-8-5-2/h8-9,11-12,17-18,20-21,25-29,33,35-36,41-42,44-45,50,53,62H,4-7,10,13-16,19,22-24,30-32,34,37-40,43,46-49,51-52,54-61H2,1-3H3/b11-8-,12-9-,20-17-,21-18-,28-25-,29-26-,35-33-,36-27-,44-41-,45-42-,53-50-/t62-/m1/s1. The molecule has 0 saturated carbocycles. The molecule has 6 heteroatoms. The molecule has 0 heterocycles. The van der Waals surface area contributed by atoms with E-state index in [2.05, 4.69) is 142 Å². The van der Waals surface area contributed by atoms with Gasteiger partial charge in [-0.05, 0) is 122 Å². The number of unbranched alkanes of at least 4 members (excludes halogenated alkanes) is 17. The highest BCUT2D eigenvalue weighted by Crippen LogP contribution is 2.14. The smallest absolute Gasteiger partial charge is 0.306 e. The summed E-state index contributed by atoms with van der Waals surface area (Å²) in [6.45, 7) is 6.30. The van der Waals surface area contributed by atoms with Crippen molar-refractivity contribution in [3.63, 3.8) is 0 Å². The van der Waals surface area contributed by atoms with E-state index in [9.17, 15) is 14.4 Å². The molecule has 400 valence electrons. The van der Waals surface area contributed by atoms with Crippen LogP contribution in [0.15, 0.2) is 134 Å². The van der Waals surface area contributed by atoms with Gasteiger partial charge in [0.1, 0.15) is 13.2 Å². The maximum Gasteiger partial charge on any atom is 0.306 e. The molecule has 0 aromatic rings. The van der Waals surface area contributed by atoms with E-state index in [1.165, 1.54) is 89.9 Å². The van der Waals surface area contributed by atoms with Crippen LogP contribution in [0.5, 0.6) is 0 Å². The van der Waals surface area contributed by atoms with Gasteiger partial charge in [0.2, 0.25) is 0 Å². The normalized spacial score (nSPS) is 13.1. The first kappa shape index (κ1) is 66.6. The van der Waals surface area contributed by atoms with Crippen LogP contribution in [0.25, 0.3) is 0 Å². The van der Waals surface area contributed by atoms with Crippen molar-refractivity contribution < 1.29 is 28.6 Å². The van der Waals surface area contributed by atoms with Crippen molar-refractivity contribution in [1.29, 1.82) is 0 Å². The Morgan fingerprint density at radius 2 is 0.577 bits per heavy atom. The van der Waals surface area contributed by atoms with Crippen molar-refractivity contribution in [1.82, 2.24) is 0 Å². The molecular formula is C65H104O6. The molecule has 0 radical (unpaired) electrons. The molecule has 0 aromatic carbocycles. The fourth-order valence-electron chi connectivity index (χ4n) is 7.39. The van der Waals surface area contributed by atoms with Gasteiger partial charge < -0.3 is 14.2 Å². The largest absolute Gasteiger partial charge is 0.462 e. The molecular weight excluding hydrogens is 877 g/mol. The lowest BCUT2D eigenvalue weighted by molar-refractivity contribution is -0.166. The first-order chi connectivity index (χ1) is 35.0. The highest BCUT2D eigenvalue weighted by Gasteiger charge is 2.19. The lowest BCUT2D eigenvalue weighted by atomic mass is 10.1. The van der Waals surface area contributed by atoms with Gasteiger partial charge in [-0.2, -0.15) is 0 Å². The molecule has 0 aliphatic rings. The Kier molecular flexibility index (Phi) is 54.5. The van der Waals surface area contributed by atoms with Gasteiger partial charge in [0.15, 0.2) is 6.10 Å². The highest BCUT2D eigenvalue weighted by molar-refractivity contribution is 5.71.